The van der Waals surface area contributed by atoms with Gasteiger partial charge in [0, 0.05) is 76.7 Å². The number of hydrogen-bond donors (Lipinski definition) is 1. The Morgan fingerprint density at radius 1 is 0.750 bits per heavy atom. The third-order valence-electron chi connectivity index (χ3n) is 7.04. The first-order valence-electron chi connectivity index (χ1n) is 16.1. The predicted octanol–water partition coefficient (Wildman–Crippen LogP) is 7.01. The standard InChI is InChI=1S/C18H27N3O3Si.C16H23N3O3Si/c1-6-24-18(22)17-20-16(15-7-8-19-14(2)11-15)12-21(17)13-23-9-10-25(3,4)5;1-12-9-13(5-6-17-12)14-10-19(15(18-14)16(20)21)11-22-7-8-23(2,3)4/h7-8,11-12H,6,9-10,13H2,1-5H3;5-6,9-10H,7-8,11H2,1-4H3,(H,20,21). The largest absolute Gasteiger partial charge is 0.475 e. The fourth-order valence-electron chi connectivity index (χ4n) is 4.33. The Balaban J connectivity index is 0.000000261. The first-order valence-corrected chi connectivity index (χ1v) is 23.5. The minimum absolute atomic E-state index is 0.0116. The van der Waals surface area contributed by atoms with Crippen molar-refractivity contribution in [3.05, 3.63) is 72.1 Å². The average Bonchev–Trinajstić information content (AvgIpc) is 3.62. The van der Waals surface area contributed by atoms with Gasteiger partial charge in [-0.25, -0.2) is 19.6 Å². The Kier molecular flexibility index (Phi) is 14.0. The van der Waals surface area contributed by atoms with Crippen molar-refractivity contribution in [1.29, 1.82) is 0 Å². The maximum absolute atomic E-state index is 12.2. The van der Waals surface area contributed by atoms with E-state index >= 15 is 0 Å². The topological polar surface area (TPSA) is 143 Å². The van der Waals surface area contributed by atoms with Crippen molar-refractivity contribution >= 4 is 28.1 Å². The molecule has 0 aliphatic rings. The van der Waals surface area contributed by atoms with Crippen LogP contribution in [0.1, 0.15) is 39.5 Å². The molecule has 0 spiro atoms. The van der Waals surface area contributed by atoms with E-state index < -0.39 is 28.1 Å². The van der Waals surface area contributed by atoms with Gasteiger partial charge < -0.3 is 28.5 Å². The van der Waals surface area contributed by atoms with Gasteiger partial charge in [-0.2, -0.15) is 0 Å². The van der Waals surface area contributed by atoms with Gasteiger partial charge in [0.05, 0.1) is 18.0 Å². The molecule has 4 rings (SSSR count). The van der Waals surface area contributed by atoms with Crippen molar-refractivity contribution in [3.63, 3.8) is 0 Å². The fraction of sp³-hybridized carbons (Fsp3) is 0.471. The van der Waals surface area contributed by atoms with Gasteiger partial charge in [-0.05, 0) is 57.1 Å². The molecule has 0 amide bonds. The molecule has 0 bridgehead atoms. The summed E-state index contributed by atoms with van der Waals surface area (Å²) < 4.78 is 19.8. The number of rotatable bonds is 15. The first kappa shape index (κ1) is 38.5. The van der Waals surface area contributed by atoms with E-state index in [2.05, 4.69) is 59.2 Å². The van der Waals surface area contributed by atoms with Crippen LogP contribution in [0.2, 0.25) is 51.4 Å². The van der Waals surface area contributed by atoms with Crippen LogP contribution >= 0.6 is 0 Å². The Hall–Kier alpha value is -3.99. The summed E-state index contributed by atoms with van der Waals surface area (Å²) in [5, 5.41) is 9.32. The molecular formula is C34H50N6O6Si2. The summed E-state index contributed by atoms with van der Waals surface area (Å²) >= 11 is 0. The molecule has 48 heavy (non-hydrogen) atoms. The third kappa shape index (κ3) is 12.6. The summed E-state index contributed by atoms with van der Waals surface area (Å²) in [6.45, 7) is 21.5. The number of carbonyl (C=O) groups is 2. The molecule has 260 valence electrons. The molecule has 1 N–H and O–H groups in total. The highest BCUT2D eigenvalue weighted by Gasteiger charge is 2.20. The number of carboxylic acid groups (broad SMARTS) is 1. The van der Waals surface area contributed by atoms with Crippen molar-refractivity contribution in [2.75, 3.05) is 19.8 Å². The van der Waals surface area contributed by atoms with Gasteiger partial charge in [-0.1, -0.05) is 39.3 Å². The lowest BCUT2D eigenvalue weighted by atomic mass is 10.2. The van der Waals surface area contributed by atoms with Gasteiger partial charge >= 0.3 is 11.9 Å². The second-order valence-corrected chi connectivity index (χ2v) is 25.2. The smallest absolute Gasteiger partial charge is 0.374 e. The maximum atomic E-state index is 12.2. The van der Waals surface area contributed by atoms with E-state index in [1.807, 2.05) is 44.3 Å². The Morgan fingerprint density at radius 2 is 1.19 bits per heavy atom. The number of hydrogen-bond acceptors (Lipinski definition) is 9. The van der Waals surface area contributed by atoms with Crippen molar-refractivity contribution in [3.8, 4) is 22.5 Å². The zero-order chi connectivity index (χ0) is 35.5. The van der Waals surface area contributed by atoms with Crippen LogP contribution in [0.5, 0.6) is 0 Å². The summed E-state index contributed by atoms with van der Waals surface area (Å²) in [7, 11) is -2.30. The van der Waals surface area contributed by atoms with Gasteiger partial charge in [0.15, 0.2) is 0 Å². The minimum Gasteiger partial charge on any atom is -0.475 e. The van der Waals surface area contributed by atoms with E-state index in [1.54, 1.807) is 30.1 Å². The monoisotopic (exact) mass is 694 g/mol. The van der Waals surface area contributed by atoms with Gasteiger partial charge in [0.1, 0.15) is 13.5 Å². The second-order valence-electron chi connectivity index (χ2n) is 13.9. The highest BCUT2D eigenvalue weighted by molar-refractivity contribution is 6.76. The lowest BCUT2D eigenvalue weighted by Gasteiger charge is -2.15. The van der Waals surface area contributed by atoms with Crippen LogP contribution in [0, 0.1) is 13.8 Å². The number of aryl methyl sites for hydroxylation is 2. The lowest BCUT2D eigenvalue weighted by molar-refractivity contribution is 0.0463. The average molecular weight is 695 g/mol. The molecule has 0 aromatic carbocycles. The maximum Gasteiger partial charge on any atom is 0.374 e. The number of ether oxygens (including phenoxy) is 3. The number of aromatic carboxylic acids is 1. The van der Waals surface area contributed by atoms with E-state index in [4.69, 9.17) is 14.2 Å². The lowest BCUT2D eigenvalue weighted by Crippen LogP contribution is -2.22. The zero-order valence-electron chi connectivity index (χ0n) is 29.7. The van der Waals surface area contributed by atoms with Crippen LogP contribution in [0.3, 0.4) is 0 Å². The number of pyridine rings is 2. The number of imidazole rings is 2. The SMILES string of the molecule is CCOC(=O)c1nc(-c2ccnc(C)c2)cn1COCC[Si](C)(C)C.Cc1cc(-c2cn(COCC[Si](C)(C)C)c(C(=O)O)n2)ccn1. The highest BCUT2D eigenvalue weighted by atomic mass is 28.3. The van der Waals surface area contributed by atoms with Crippen LogP contribution in [-0.4, -0.2) is 82.1 Å². The fourth-order valence-corrected chi connectivity index (χ4v) is 5.84. The Labute approximate surface area is 285 Å². The molecule has 0 atom stereocenters. The Morgan fingerprint density at radius 3 is 1.58 bits per heavy atom. The van der Waals surface area contributed by atoms with Crippen molar-refractivity contribution < 1.29 is 28.9 Å². The highest BCUT2D eigenvalue weighted by Crippen LogP contribution is 2.21. The van der Waals surface area contributed by atoms with Crippen LogP contribution in [0.4, 0.5) is 0 Å². The molecule has 14 heteroatoms. The molecule has 0 saturated heterocycles. The molecule has 0 aliphatic heterocycles. The quantitative estimate of drug-likeness (QED) is 0.0784. The summed E-state index contributed by atoms with van der Waals surface area (Å²) in [6.07, 6.45) is 6.97. The van der Waals surface area contributed by atoms with Gasteiger partial charge in [0.2, 0.25) is 11.6 Å². The molecule has 0 unspecified atom stereocenters. The molecule has 0 fully saturated rings. The van der Waals surface area contributed by atoms with Crippen LogP contribution in [-0.2, 0) is 27.7 Å². The zero-order valence-corrected chi connectivity index (χ0v) is 31.7. The van der Waals surface area contributed by atoms with Crippen LogP contribution in [0.15, 0.2) is 49.1 Å². The van der Waals surface area contributed by atoms with Gasteiger partial charge in [0.25, 0.3) is 0 Å². The molecule has 4 aromatic heterocycles. The minimum atomic E-state index is -1.16. The summed E-state index contributed by atoms with van der Waals surface area (Å²) in [4.78, 5) is 40.6. The van der Waals surface area contributed by atoms with E-state index in [1.165, 1.54) is 4.57 Å². The molecule has 4 heterocycles. The van der Waals surface area contributed by atoms with Crippen molar-refractivity contribution in [2.45, 2.75) is 85.6 Å². The molecule has 12 nitrogen and oxygen atoms in total. The Bertz CT molecular complexity index is 1660. The van der Waals surface area contributed by atoms with E-state index in [-0.39, 0.29) is 25.1 Å². The first-order chi connectivity index (χ1) is 22.6. The third-order valence-corrected chi connectivity index (χ3v) is 10.4. The van der Waals surface area contributed by atoms with E-state index in [9.17, 15) is 14.7 Å². The number of nitrogens with zero attached hydrogens (tertiary/aromatic N) is 6. The van der Waals surface area contributed by atoms with Crippen LogP contribution in [0.25, 0.3) is 22.5 Å². The van der Waals surface area contributed by atoms with Crippen molar-refractivity contribution in [1.82, 2.24) is 29.1 Å². The molecule has 0 aliphatic carbocycles. The molecule has 0 saturated carbocycles. The van der Waals surface area contributed by atoms with Crippen molar-refractivity contribution in [2.24, 2.45) is 0 Å². The normalized spacial score (nSPS) is 11.6. The summed E-state index contributed by atoms with van der Waals surface area (Å²) in [5.41, 5.74) is 4.85. The van der Waals surface area contributed by atoms with Gasteiger partial charge in [-0.15, -0.1) is 0 Å². The number of carboxylic acids is 1. The summed E-state index contributed by atoms with van der Waals surface area (Å²) in [6, 6.07) is 9.63. The van der Waals surface area contributed by atoms with Crippen LogP contribution < -0.4 is 0 Å². The van der Waals surface area contributed by atoms with Gasteiger partial charge in [-0.3, -0.25) is 9.97 Å². The number of esters is 1. The molecule has 0 radical (unpaired) electrons. The number of aromatic nitrogens is 6. The second kappa shape index (κ2) is 17.4. The summed E-state index contributed by atoms with van der Waals surface area (Å²) in [5.74, 6) is -1.24. The number of carbonyl (C=O) groups excluding carboxylic acids is 1. The van der Waals surface area contributed by atoms with E-state index in [0.29, 0.717) is 31.2 Å². The predicted molar refractivity (Wildman–Crippen MR) is 192 cm³/mol. The molecule has 4 aromatic rings. The van der Waals surface area contributed by atoms with E-state index in [0.717, 1.165) is 34.6 Å². The molecular weight excluding hydrogens is 645 g/mol.